The molecule has 3 amide bonds. The molecule has 82 valence electrons. The molecule has 0 aliphatic carbocycles. The van der Waals surface area contributed by atoms with Gasteiger partial charge in [-0.3, -0.25) is 10.1 Å². The van der Waals surface area contributed by atoms with Crippen molar-refractivity contribution in [3.8, 4) is 0 Å². The molecular weight excluding hydrogens is 186 g/mol. The number of rotatable bonds is 5. The normalized spacial score (nSPS) is 11.9. The molecule has 0 aliphatic heterocycles. The number of nitrogens with one attached hydrogen (secondary N) is 3. The van der Waals surface area contributed by atoms with E-state index in [-0.39, 0.29) is 5.91 Å². The molecule has 0 saturated heterocycles. The Bertz CT molecular complexity index is 196. The van der Waals surface area contributed by atoms with E-state index in [1.807, 2.05) is 0 Å². The van der Waals surface area contributed by atoms with Gasteiger partial charge in [0.25, 0.3) is 0 Å². The summed E-state index contributed by atoms with van der Waals surface area (Å²) in [5, 5.41) is 7.35. The van der Waals surface area contributed by atoms with Crippen LogP contribution in [0.4, 0.5) is 4.79 Å². The molecule has 6 nitrogen and oxygen atoms in total. The number of ether oxygens (including phenoxy) is 1. The Hall–Kier alpha value is -1.14. The predicted octanol–water partition coefficient (Wildman–Crippen LogP) is -0.933. The van der Waals surface area contributed by atoms with E-state index < -0.39 is 12.1 Å². The molecule has 3 N–H and O–H groups in total. The van der Waals surface area contributed by atoms with Crippen LogP contribution in [0.15, 0.2) is 0 Å². The maximum Gasteiger partial charge on any atom is 0.321 e. The second-order valence-electron chi connectivity index (χ2n) is 2.74. The summed E-state index contributed by atoms with van der Waals surface area (Å²) in [5.74, 6) is -0.361. The standard InChI is InChI=1S/C8H17N3O3/c1-6(10-4-5-14-3)7(12)11-8(13)9-2/h6,10H,4-5H2,1-3H3,(H2,9,11,12,13). The molecule has 0 saturated carbocycles. The molecule has 0 bridgehead atoms. The molecule has 0 aromatic heterocycles. The van der Waals surface area contributed by atoms with Crippen molar-refractivity contribution in [1.82, 2.24) is 16.0 Å². The summed E-state index contributed by atoms with van der Waals surface area (Å²) in [5.41, 5.74) is 0. The molecule has 1 atom stereocenters. The van der Waals surface area contributed by atoms with E-state index >= 15 is 0 Å². The number of carbonyl (C=O) groups is 2. The van der Waals surface area contributed by atoms with Gasteiger partial charge in [0.1, 0.15) is 0 Å². The Morgan fingerprint density at radius 3 is 2.57 bits per heavy atom. The summed E-state index contributed by atoms with van der Waals surface area (Å²) < 4.78 is 4.80. The van der Waals surface area contributed by atoms with E-state index in [1.54, 1.807) is 14.0 Å². The second kappa shape index (κ2) is 7.28. The smallest absolute Gasteiger partial charge is 0.321 e. The summed E-state index contributed by atoms with van der Waals surface area (Å²) >= 11 is 0. The van der Waals surface area contributed by atoms with Gasteiger partial charge in [0.2, 0.25) is 5.91 Å². The van der Waals surface area contributed by atoms with Gasteiger partial charge in [-0.1, -0.05) is 0 Å². The first kappa shape index (κ1) is 12.9. The van der Waals surface area contributed by atoms with Crippen LogP contribution in [0.2, 0.25) is 0 Å². The zero-order valence-corrected chi connectivity index (χ0v) is 8.72. The Balaban J connectivity index is 3.70. The van der Waals surface area contributed by atoms with Gasteiger partial charge in [-0.15, -0.1) is 0 Å². The molecule has 0 aromatic carbocycles. The fraction of sp³-hybridized carbons (Fsp3) is 0.750. The van der Waals surface area contributed by atoms with Crippen molar-refractivity contribution in [3.63, 3.8) is 0 Å². The highest BCUT2D eigenvalue weighted by molar-refractivity contribution is 5.96. The van der Waals surface area contributed by atoms with Gasteiger partial charge >= 0.3 is 6.03 Å². The van der Waals surface area contributed by atoms with Gasteiger partial charge in [0, 0.05) is 20.7 Å². The van der Waals surface area contributed by atoms with Crippen LogP contribution in [0.5, 0.6) is 0 Å². The van der Waals surface area contributed by atoms with Gasteiger partial charge < -0.3 is 15.4 Å². The fourth-order valence-corrected chi connectivity index (χ4v) is 0.753. The highest BCUT2D eigenvalue weighted by Crippen LogP contribution is 1.81. The topological polar surface area (TPSA) is 79.5 Å². The van der Waals surface area contributed by atoms with Crippen LogP contribution in [0.1, 0.15) is 6.92 Å². The van der Waals surface area contributed by atoms with E-state index in [2.05, 4.69) is 16.0 Å². The third-order valence-electron chi connectivity index (χ3n) is 1.61. The number of imide groups is 1. The van der Waals surface area contributed by atoms with Crippen LogP contribution >= 0.6 is 0 Å². The minimum atomic E-state index is -0.504. The molecular formula is C8H17N3O3. The van der Waals surface area contributed by atoms with Crippen LogP contribution in [0, 0.1) is 0 Å². The number of urea groups is 1. The van der Waals surface area contributed by atoms with Crippen molar-refractivity contribution in [1.29, 1.82) is 0 Å². The van der Waals surface area contributed by atoms with E-state index in [9.17, 15) is 9.59 Å². The largest absolute Gasteiger partial charge is 0.383 e. The van der Waals surface area contributed by atoms with Crippen LogP contribution in [0.25, 0.3) is 0 Å². The molecule has 1 unspecified atom stereocenters. The Kier molecular flexibility index (Phi) is 6.69. The average molecular weight is 203 g/mol. The van der Waals surface area contributed by atoms with Crippen molar-refractivity contribution in [2.45, 2.75) is 13.0 Å². The summed E-state index contributed by atoms with van der Waals surface area (Å²) in [4.78, 5) is 22.0. The molecule has 0 spiro atoms. The minimum Gasteiger partial charge on any atom is -0.383 e. The van der Waals surface area contributed by atoms with Gasteiger partial charge in [0.15, 0.2) is 0 Å². The summed E-state index contributed by atoms with van der Waals surface area (Å²) in [6.07, 6.45) is 0. The first-order chi connectivity index (χ1) is 6.61. The Labute approximate surface area is 83.4 Å². The molecule has 0 heterocycles. The van der Waals surface area contributed by atoms with Crippen LogP contribution in [-0.4, -0.2) is 45.3 Å². The van der Waals surface area contributed by atoms with Crippen molar-refractivity contribution in [2.75, 3.05) is 27.3 Å². The van der Waals surface area contributed by atoms with E-state index in [1.165, 1.54) is 7.05 Å². The summed E-state index contributed by atoms with van der Waals surface area (Å²) in [6, 6.07) is -0.919. The van der Waals surface area contributed by atoms with Crippen LogP contribution in [0.3, 0.4) is 0 Å². The van der Waals surface area contributed by atoms with Gasteiger partial charge in [0.05, 0.1) is 12.6 Å². The second-order valence-corrected chi connectivity index (χ2v) is 2.74. The van der Waals surface area contributed by atoms with Gasteiger partial charge in [-0.05, 0) is 6.92 Å². The van der Waals surface area contributed by atoms with Crippen LogP contribution < -0.4 is 16.0 Å². The predicted molar refractivity (Wildman–Crippen MR) is 51.9 cm³/mol. The number of hydrogen-bond donors (Lipinski definition) is 3. The lowest BCUT2D eigenvalue weighted by Crippen LogP contribution is -2.47. The fourth-order valence-electron chi connectivity index (χ4n) is 0.753. The van der Waals surface area contributed by atoms with E-state index in [0.717, 1.165) is 0 Å². The molecule has 0 radical (unpaired) electrons. The number of carbonyl (C=O) groups excluding carboxylic acids is 2. The highest BCUT2D eigenvalue weighted by Gasteiger charge is 2.13. The lowest BCUT2D eigenvalue weighted by molar-refractivity contribution is -0.121. The maximum atomic E-state index is 11.2. The van der Waals surface area contributed by atoms with Crippen molar-refractivity contribution >= 4 is 11.9 Å². The van der Waals surface area contributed by atoms with E-state index in [4.69, 9.17) is 4.74 Å². The van der Waals surface area contributed by atoms with E-state index in [0.29, 0.717) is 13.2 Å². The summed E-state index contributed by atoms with van der Waals surface area (Å²) in [6.45, 7) is 2.77. The number of methoxy groups -OCH3 is 1. The number of amides is 3. The SMILES string of the molecule is CNC(=O)NC(=O)C(C)NCCOC. The monoisotopic (exact) mass is 203 g/mol. The van der Waals surface area contributed by atoms with Gasteiger partial charge in [-0.25, -0.2) is 4.79 Å². The van der Waals surface area contributed by atoms with Crippen molar-refractivity contribution in [3.05, 3.63) is 0 Å². The highest BCUT2D eigenvalue weighted by atomic mass is 16.5. The minimum absolute atomic E-state index is 0.361. The Morgan fingerprint density at radius 1 is 1.43 bits per heavy atom. The Morgan fingerprint density at radius 2 is 2.07 bits per heavy atom. The first-order valence-corrected chi connectivity index (χ1v) is 4.36. The number of hydrogen-bond acceptors (Lipinski definition) is 4. The summed E-state index contributed by atoms with van der Waals surface area (Å²) in [7, 11) is 3.03. The van der Waals surface area contributed by atoms with Gasteiger partial charge in [-0.2, -0.15) is 0 Å². The lowest BCUT2D eigenvalue weighted by atomic mass is 10.3. The molecule has 0 aromatic rings. The third kappa shape index (κ3) is 5.50. The molecule has 0 aliphatic rings. The molecule has 14 heavy (non-hydrogen) atoms. The zero-order chi connectivity index (χ0) is 11.0. The average Bonchev–Trinajstić information content (AvgIpc) is 2.17. The third-order valence-corrected chi connectivity index (χ3v) is 1.61. The van der Waals surface area contributed by atoms with Crippen LogP contribution in [-0.2, 0) is 9.53 Å². The zero-order valence-electron chi connectivity index (χ0n) is 8.72. The lowest BCUT2D eigenvalue weighted by Gasteiger charge is -2.12. The van der Waals surface area contributed by atoms with Crippen molar-refractivity contribution < 1.29 is 14.3 Å². The molecule has 0 rings (SSSR count). The first-order valence-electron chi connectivity index (χ1n) is 4.36. The molecule has 6 heteroatoms. The molecule has 0 fully saturated rings. The van der Waals surface area contributed by atoms with Crippen molar-refractivity contribution in [2.24, 2.45) is 0 Å². The maximum absolute atomic E-state index is 11.2. The quantitative estimate of drug-likeness (QED) is 0.504.